The maximum atomic E-state index is 13.3. The summed E-state index contributed by atoms with van der Waals surface area (Å²) in [6.07, 6.45) is 2.81. The molecule has 2 rings (SSSR count). The number of nitrogens with zero attached hydrogens (tertiary/aromatic N) is 2. The van der Waals surface area contributed by atoms with Crippen LogP contribution < -0.4 is 10.5 Å². The summed E-state index contributed by atoms with van der Waals surface area (Å²) in [7, 11) is 0. The van der Waals surface area contributed by atoms with Crippen molar-refractivity contribution in [3.8, 4) is 5.88 Å². The van der Waals surface area contributed by atoms with Gasteiger partial charge in [-0.25, -0.2) is 14.4 Å². The first kappa shape index (κ1) is 12.4. The number of halogens is 1. The average Bonchev–Trinajstić information content (AvgIpc) is 2.38. The molecule has 18 heavy (non-hydrogen) atoms. The van der Waals surface area contributed by atoms with Gasteiger partial charge in [-0.15, -0.1) is 0 Å². The number of rotatable bonds is 4. The summed E-state index contributed by atoms with van der Waals surface area (Å²) in [5.74, 6) is -0.0246. The monoisotopic (exact) mass is 263 g/mol. The van der Waals surface area contributed by atoms with E-state index in [2.05, 4.69) is 9.97 Å². The molecule has 0 saturated heterocycles. The first-order chi connectivity index (χ1) is 8.66. The molecule has 0 aliphatic rings. The van der Waals surface area contributed by atoms with Crippen LogP contribution in [-0.4, -0.2) is 15.0 Å². The Labute approximate surface area is 109 Å². The van der Waals surface area contributed by atoms with Crippen LogP contribution >= 0.6 is 12.2 Å². The van der Waals surface area contributed by atoms with E-state index in [1.165, 1.54) is 18.5 Å². The highest BCUT2D eigenvalue weighted by atomic mass is 32.1. The Hall–Kier alpha value is -2.08. The molecule has 0 atom stereocenters. The van der Waals surface area contributed by atoms with Crippen molar-refractivity contribution in [3.05, 3.63) is 53.7 Å². The first-order valence-corrected chi connectivity index (χ1v) is 5.55. The molecule has 0 spiro atoms. The number of aromatic nitrogens is 2. The molecule has 4 nitrogen and oxygen atoms in total. The Morgan fingerprint density at radius 2 is 2.06 bits per heavy atom. The number of thiocarbonyl (C=S) groups is 1. The SMILES string of the molecule is NC(=S)c1cnc(OCc2ccccc2F)cn1. The zero-order chi connectivity index (χ0) is 13.0. The number of ether oxygens (including phenoxy) is 1. The van der Waals surface area contributed by atoms with Gasteiger partial charge < -0.3 is 10.5 Å². The second-order valence-electron chi connectivity index (χ2n) is 3.48. The van der Waals surface area contributed by atoms with E-state index in [9.17, 15) is 4.39 Å². The second-order valence-corrected chi connectivity index (χ2v) is 3.92. The summed E-state index contributed by atoms with van der Waals surface area (Å²) in [5, 5.41) is 0. The molecule has 0 aliphatic heterocycles. The minimum absolute atomic E-state index is 0.0910. The van der Waals surface area contributed by atoms with Gasteiger partial charge >= 0.3 is 0 Å². The van der Waals surface area contributed by atoms with Crippen LogP contribution in [0.3, 0.4) is 0 Å². The molecule has 0 unspecified atom stereocenters. The van der Waals surface area contributed by atoms with Crippen molar-refractivity contribution < 1.29 is 9.13 Å². The molecule has 1 aromatic carbocycles. The van der Waals surface area contributed by atoms with E-state index in [0.717, 1.165) is 0 Å². The van der Waals surface area contributed by atoms with Crippen LogP contribution in [0.25, 0.3) is 0 Å². The number of benzene rings is 1. The van der Waals surface area contributed by atoms with Crippen LogP contribution in [-0.2, 0) is 6.61 Å². The highest BCUT2D eigenvalue weighted by molar-refractivity contribution is 7.80. The van der Waals surface area contributed by atoms with Crippen LogP contribution in [0.4, 0.5) is 4.39 Å². The minimum atomic E-state index is -0.315. The normalized spacial score (nSPS) is 10.1. The summed E-state index contributed by atoms with van der Waals surface area (Å²) in [6.45, 7) is 0.0910. The quantitative estimate of drug-likeness (QED) is 0.853. The lowest BCUT2D eigenvalue weighted by Crippen LogP contribution is -2.12. The van der Waals surface area contributed by atoms with Gasteiger partial charge in [-0.05, 0) is 6.07 Å². The molecule has 2 aromatic rings. The third kappa shape index (κ3) is 2.98. The van der Waals surface area contributed by atoms with E-state index >= 15 is 0 Å². The van der Waals surface area contributed by atoms with E-state index in [0.29, 0.717) is 17.1 Å². The van der Waals surface area contributed by atoms with E-state index in [4.69, 9.17) is 22.7 Å². The van der Waals surface area contributed by atoms with Crippen molar-refractivity contribution in [1.82, 2.24) is 9.97 Å². The van der Waals surface area contributed by atoms with E-state index in [1.54, 1.807) is 18.2 Å². The van der Waals surface area contributed by atoms with Gasteiger partial charge in [-0.2, -0.15) is 0 Å². The van der Waals surface area contributed by atoms with E-state index in [1.807, 2.05) is 0 Å². The van der Waals surface area contributed by atoms with Gasteiger partial charge in [-0.3, -0.25) is 0 Å². The van der Waals surface area contributed by atoms with Crippen LogP contribution in [0.15, 0.2) is 36.7 Å². The fraction of sp³-hybridized carbons (Fsp3) is 0.0833. The molecule has 0 aliphatic carbocycles. The topological polar surface area (TPSA) is 61.0 Å². The molecule has 92 valence electrons. The van der Waals surface area contributed by atoms with Crippen LogP contribution in [0, 0.1) is 5.82 Å². The van der Waals surface area contributed by atoms with E-state index in [-0.39, 0.29) is 17.4 Å². The maximum absolute atomic E-state index is 13.3. The van der Waals surface area contributed by atoms with Crippen molar-refractivity contribution in [1.29, 1.82) is 0 Å². The summed E-state index contributed by atoms with van der Waals surface area (Å²) in [4.78, 5) is 8.11. The molecule has 2 N–H and O–H groups in total. The molecular formula is C12H10FN3OS. The van der Waals surface area contributed by atoms with Crippen molar-refractivity contribution in [2.75, 3.05) is 0 Å². The van der Waals surface area contributed by atoms with Crippen LogP contribution in [0.5, 0.6) is 5.88 Å². The highest BCUT2D eigenvalue weighted by Gasteiger charge is 2.04. The number of nitrogens with two attached hydrogens (primary N) is 1. The zero-order valence-corrected chi connectivity index (χ0v) is 10.2. The minimum Gasteiger partial charge on any atom is -0.472 e. The number of hydrogen-bond acceptors (Lipinski definition) is 4. The summed E-state index contributed by atoms with van der Waals surface area (Å²) >= 11 is 4.75. The number of hydrogen-bond donors (Lipinski definition) is 1. The fourth-order valence-corrected chi connectivity index (χ4v) is 1.39. The molecular weight excluding hydrogens is 253 g/mol. The largest absolute Gasteiger partial charge is 0.472 e. The lowest BCUT2D eigenvalue weighted by molar-refractivity contribution is 0.286. The first-order valence-electron chi connectivity index (χ1n) is 5.15. The van der Waals surface area contributed by atoms with Gasteiger partial charge in [0.2, 0.25) is 5.88 Å². The predicted octanol–water partition coefficient (Wildman–Crippen LogP) is 1.83. The Morgan fingerprint density at radius 1 is 1.28 bits per heavy atom. The Kier molecular flexibility index (Phi) is 3.78. The molecule has 6 heteroatoms. The fourth-order valence-electron chi connectivity index (χ4n) is 1.29. The molecule has 0 radical (unpaired) electrons. The summed E-state index contributed by atoms with van der Waals surface area (Å²) in [6, 6.07) is 6.38. The summed E-state index contributed by atoms with van der Waals surface area (Å²) < 4.78 is 18.6. The third-order valence-electron chi connectivity index (χ3n) is 2.21. The van der Waals surface area contributed by atoms with Gasteiger partial charge in [0.15, 0.2) is 0 Å². The Bertz CT molecular complexity index is 560. The highest BCUT2D eigenvalue weighted by Crippen LogP contribution is 2.11. The summed E-state index contributed by atoms with van der Waals surface area (Å²) in [5.41, 5.74) is 6.26. The molecule has 0 fully saturated rings. The molecule has 0 saturated carbocycles. The smallest absolute Gasteiger partial charge is 0.232 e. The Morgan fingerprint density at radius 3 is 2.67 bits per heavy atom. The molecule has 1 heterocycles. The molecule has 0 bridgehead atoms. The molecule has 1 aromatic heterocycles. The van der Waals surface area contributed by atoms with Crippen LogP contribution in [0.2, 0.25) is 0 Å². The second kappa shape index (κ2) is 5.50. The van der Waals surface area contributed by atoms with Gasteiger partial charge in [0.1, 0.15) is 23.1 Å². The average molecular weight is 263 g/mol. The lowest BCUT2D eigenvalue weighted by Gasteiger charge is -2.06. The van der Waals surface area contributed by atoms with Crippen molar-refractivity contribution in [3.63, 3.8) is 0 Å². The molecule has 0 amide bonds. The third-order valence-corrected chi connectivity index (χ3v) is 2.42. The zero-order valence-electron chi connectivity index (χ0n) is 9.34. The van der Waals surface area contributed by atoms with Gasteiger partial charge in [0, 0.05) is 5.56 Å². The maximum Gasteiger partial charge on any atom is 0.232 e. The van der Waals surface area contributed by atoms with Crippen molar-refractivity contribution in [2.24, 2.45) is 5.73 Å². The lowest BCUT2D eigenvalue weighted by atomic mass is 10.2. The van der Waals surface area contributed by atoms with E-state index < -0.39 is 0 Å². The van der Waals surface area contributed by atoms with Crippen molar-refractivity contribution >= 4 is 17.2 Å². The standard InChI is InChI=1S/C12H10FN3OS/c13-9-4-2-1-3-8(9)7-17-11-6-15-10(5-16-11)12(14)18/h1-6H,7H2,(H2,14,18). The Balaban J connectivity index is 2.02. The van der Waals surface area contributed by atoms with Gasteiger partial charge in [0.05, 0.1) is 12.4 Å². The van der Waals surface area contributed by atoms with Gasteiger partial charge in [-0.1, -0.05) is 30.4 Å². The van der Waals surface area contributed by atoms with Crippen LogP contribution in [0.1, 0.15) is 11.3 Å². The predicted molar refractivity (Wildman–Crippen MR) is 68.7 cm³/mol. The van der Waals surface area contributed by atoms with Crippen molar-refractivity contribution in [2.45, 2.75) is 6.61 Å². The van der Waals surface area contributed by atoms with Gasteiger partial charge in [0.25, 0.3) is 0 Å².